The fraction of sp³-hybridized carbons (Fsp3) is 0.753. The zero-order valence-electron chi connectivity index (χ0n) is 57.0. The zero-order valence-corrected chi connectivity index (χ0v) is 57.9. The van der Waals surface area contributed by atoms with E-state index in [1.165, 1.54) is 205 Å². The second kappa shape index (κ2) is 66.6. The van der Waals surface area contributed by atoms with Gasteiger partial charge in [-0.05, 0) is 83.5 Å². The minimum absolute atomic E-state index is 0.00594. The largest absolute Gasteiger partial charge is 0.756 e. The molecule has 3 atom stereocenters. The van der Waals surface area contributed by atoms with Gasteiger partial charge in [-0.15, -0.1) is 0 Å². The number of phosphoric ester groups is 1. The Bertz CT molecular complexity index is 1770. The van der Waals surface area contributed by atoms with E-state index in [1.54, 1.807) is 6.08 Å². The van der Waals surface area contributed by atoms with Gasteiger partial charge in [0.25, 0.3) is 7.82 Å². The Labute approximate surface area is 533 Å². The van der Waals surface area contributed by atoms with E-state index in [-0.39, 0.29) is 19.1 Å². The average molecular weight is 1220 g/mol. The van der Waals surface area contributed by atoms with Crippen LogP contribution in [0, 0.1) is 0 Å². The third-order valence-corrected chi connectivity index (χ3v) is 17.0. The number of unbranched alkanes of at least 4 members (excludes halogenated alkanes) is 37. The fourth-order valence-electron chi connectivity index (χ4n) is 10.4. The van der Waals surface area contributed by atoms with E-state index < -0.39 is 20.0 Å². The molecule has 0 aliphatic heterocycles. The van der Waals surface area contributed by atoms with Crippen molar-refractivity contribution < 1.29 is 32.9 Å². The smallest absolute Gasteiger partial charge is 0.268 e. The number of nitrogens with one attached hydrogen (secondary N) is 1. The number of allylic oxidation sites excluding steroid dienone is 17. The molecule has 498 valence electrons. The highest BCUT2D eigenvalue weighted by atomic mass is 31.2. The molecule has 9 heteroatoms. The van der Waals surface area contributed by atoms with Crippen molar-refractivity contribution >= 4 is 13.7 Å². The van der Waals surface area contributed by atoms with Gasteiger partial charge in [-0.3, -0.25) is 9.36 Å². The number of hydrogen-bond acceptors (Lipinski definition) is 6. The molecule has 1 amide bonds. The summed E-state index contributed by atoms with van der Waals surface area (Å²) in [6.07, 6.45) is 97.8. The van der Waals surface area contributed by atoms with E-state index >= 15 is 0 Å². The van der Waals surface area contributed by atoms with Crippen LogP contribution in [0.5, 0.6) is 0 Å². The summed E-state index contributed by atoms with van der Waals surface area (Å²) in [4.78, 5) is 25.7. The van der Waals surface area contributed by atoms with E-state index in [2.05, 4.69) is 116 Å². The lowest BCUT2D eigenvalue weighted by atomic mass is 10.0. The second-order valence-electron chi connectivity index (χ2n) is 25.6. The molecule has 0 fully saturated rings. The van der Waals surface area contributed by atoms with Crippen LogP contribution in [0.15, 0.2) is 109 Å². The highest BCUT2D eigenvalue weighted by Gasteiger charge is 2.23. The predicted molar refractivity (Wildman–Crippen MR) is 376 cm³/mol. The maximum atomic E-state index is 13.1. The van der Waals surface area contributed by atoms with Crippen molar-refractivity contribution in [3.8, 4) is 0 Å². The molecular formula is C77H139N2O6P. The molecule has 0 aromatic rings. The van der Waals surface area contributed by atoms with Crippen LogP contribution in [-0.4, -0.2) is 68.5 Å². The lowest BCUT2D eigenvalue weighted by molar-refractivity contribution is -0.870. The van der Waals surface area contributed by atoms with Crippen molar-refractivity contribution in [2.75, 3.05) is 40.9 Å². The summed E-state index contributed by atoms with van der Waals surface area (Å²) in [5.74, 6) is -0.202. The molecule has 0 spiro atoms. The SMILES string of the molecule is CC/C=C\C/C=C\C/C=C\C/C=C\C/C=C\C/C=C\C/C=C\C/C=C\CCCCCCCCCCCCC(=O)NC(COP(=O)([O-])OCC[N+](C)(C)C)C(O)/C=C/CCCCCCCCCCCCCCCCCCCCCCCCCCCCC. The van der Waals surface area contributed by atoms with Crippen LogP contribution in [0.3, 0.4) is 0 Å². The molecule has 0 aliphatic carbocycles. The monoisotopic (exact) mass is 1220 g/mol. The van der Waals surface area contributed by atoms with Crippen molar-refractivity contribution in [3.05, 3.63) is 109 Å². The number of hydrogen-bond donors (Lipinski definition) is 2. The van der Waals surface area contributed by atoms with E-state index in [0.717, 1.165) is 96.3 Å². The van der Waals surface area contributed by atoms with Gasteiger partial charge in [0.05, 0.1) is 39.9 Å². The highest BCUT2D eigenvalue weighted by Crippen LogP contribution is 2.38. The summed E-state index contributed by atoms with van der Waals surface area (Å²) in [7, 11) is 1.26. The Hall–Kier alpha value is -2.84. The number of rotatable bonds is 66. The minimum atomic E-state index is -4.61. The fourth-order valence-corrected chi connectivity index (χ4v) is 11.1. The second-order valence-corrected chi connectivity index (χ2v) is 27.0. The summed E-state index contributed by atoms with van der Waals surface area (Å²) >= 11 is 0. The van der Waals surface area contributed by atoms with Crippen LogP contribution in [0.2, 0.25) is 0 Å². The van der Waals surface area contributed by atoms with Gasteiger partial charge in [-0.1, -0.05) is 342 Å². The lowest BCUT2D eigenvalue weighted by Gasteiger charge is -2.29. The van der Waals surface area contributed by atoms with Crippen molar-refractivity contribution in [1.29, 1.82) is 0 Å². The van der Waals surface area contributed by atoms with E-state index in [0.29, 0.717) is 17.4 Å². The number of nitrogens with zero attached hydrogens (tertiary/aromatic N) is 1. The Kier molecular flexibility index (Phi) is 64.4. The molecule has 2 N–H and O–H groups in total. The lowest BCUT2D eigenvalue weighted by Crippen LogP contribution is -2.45. The number of aliphatic hydroxyl groups excluding tert-OH is 1. The van der Waals surface area contributed by atoms with Crippen LogP contribution in [0.1, 0.15) is 322 Å². The predicted octanol–water partition coefficient (Wildman–Crippen LogP) is 22.8. The topological polar surface area (TPSA) is 108 Å². The number of amides is 1. The van der Waals surface area contributed by atoms with Gasteiger partial charge >= 0.3 is 0 Å². The highest BCUT2D eigenvalue weighted by molar-refractivity contribution is 7.45. The van der Waals surface area contributed by atoms with E-state index in [1.807, 2.05) is 27.2 Å². The maximum Gasteiger partial charge on any atom is 0.268 e. The molecule has 0 aromatic carbocycles. The minimum Gasteiger partial charge on any atom is -0.756 e. The van der Waals surface area contributed by atoms with Gasteiger partial charge in [0.15, 0.2) is 0 Å². The van der Waals surface area contributed by atoms with Crippen LogP contribution < -0.4 is 10.2 Å². The first-order valence-electron chi connectivity index (χ1n) is 36.2. The molecule has 86 heavy (non-hydrogen) atoms. The molecule has 0 radical (unpaired) electrons. The first kappa shape index (κ1) is 83.2. The third kappa shape index (κ3) is 68.6. The molecule has 3 unspecified atom stereocenters. The number of aliphatic hydroxyl groups is 1. The molecule has 8 nitrogen and oxygen atoms in total. The van der Waals surface area contributed by atoms with Gasteiger partial charge in [0.2, 0.25) is 5.91 Å². The van der Waals surface area contributed by atoms with Crippen molar-refractivity contribution in [3.63, 3.8) is 0 Å². The van der Waals surface area contributed by atoms with Gasteiger partial charge in [-0.2, -0.15) is 0 Å². The van der Waals surface area contributed by atoms with Crippen LogP contribution in [0.4, 0.5) is 0 Å². The van der Waals surface area contributed by atoms with Crippen LogP contribution >= 0.6 is 7.82 Å². The molecule has 0 heterocycles. The van der Waals surface area contributed by atoms with Crippen LogP contribution in [-0.2, 0) is 18.4 Å². The first-order valence-corrected chi connectivity index (χ1v) is 37.7. The summed E-state index contributed by atoms with van der Waals surface area (Å²) in [6, 6.07) is -0.898. The molecule has 0 rings (SSSR count). The van der Waals surface area contributed by atoms with E-state index in [9.17, 15) is 19.4 Å². The third-order valence-electron chi connectivity index (χ3n) is 16.0. The van der Waals surface area contributed by atoms with Crippen molar-refractivity contribution in [2.45, 2.75) is 334 Å². The van der Waals surface area contributed by atoms with Gasteiger partial charge in [-0.25, -0.2) is 0 Å². The van der Waals surface area contributed by atoms with Crippen molar-refractivity contribution in [2.24, 2.45) is 0 Å². The maximum absolute atomic E-state index is 13.1. The number of carbonyl (C=O) groups is 1. The zero-order chi connectivity index (χ0) is 62.6. The van der Waals surface area contributed by atoms with E-state index in [4.69, 9.17) is 9.05 Å². The molecule has 0 aromatic heterocycles. The number of phosphoric acid groups is 1. The Morgan fingerprint density at radius 2 is 0.709 bits per heavy atom. The summed E-state index contributed by atoms with van der Waals surface area (Å²) in [6.45, 7) is 4.56. The molecule has 0 saturated heterocycles. The van der Waals surface area contributed by atoms with Gasteiger partial charge < -0.3 is 28.8 Å². The normalized spacial score (nSPS) is 14.3. The number of quaternary nitrogens is 1. The number of likely N-dealkylation sites (N-methyl/N-ethyl adjacent to an activating group) is 1. The van der Waals surface area contributed by atoms with Crippen molar-refractivity contribution in [1.82, 2.24) is 5.32 Å². The first-order chi connectivity index (χ1) is 42.0. The Balaban J connectivity index is 4.11. The summed E-state index contributed by atoms with van der Waals surface area (Å²) < 4.78 is 23.5. The molecule has 0 aliphatic rings. The summed E-state index contributed by atoms with van der Waals surface area (Å²) in [5.41, 5.74) is 0. The van der Waals surface area contributed by atoms with Gasteiger partial charge in [0, 0.05) is 6.42 Å². The summed E-state index contributed by atoms with van der Waals surface area (Å²) in [5, 5.41) is 14.0. The molecular weight excluding hydrogens is 1080 g/mol. The Morgan fingerprint density at radius 3 is 1.03 bits per heavy atom. The molecule has 0 saturated carbocycles. The van der Waals surface area contributed by atoms with Gasteiger partial charge in [0.1, 0.15) is 13.2 Å². The Morgan fingerprint density at radius 1 is 0.419 bits per heavy atom. The number of carbonyl (C=O) groups excluding carboxylic acids is 1. The van der Waals surface area contributed by atoms with Crippen LogP contribution in [0.25, 0.3) is 0 Å². The molecule has 0 bridgehead atoms. The average Bonchev–Trinajstić information content (AvgIpc) is 3.70. The quantitative estimate of drug-likeness (QED) is 0.0272. The standard InChI is InChI=1S/C77H139N2O6P/c1-6-8-10-12-14-16-18-20-22-24-26-28-30-32-34-36-37-38-39-40-41-43-45-47-49-51-53-55-57-59-61-63-65-67-69-71-77(81)78-75(74-85-86(82,83)84-73-72-79(3,4)5)76(80)70-68-66-64-62-60-58-56-54-52-50-48-46-44-42-35-33-31-29-27-25-23-21-19-17-15-13-11-9-7-2/h8,10,14,16,20,22,26,28,32,34,37-38,40-41,45,47,68,70,75-76,80H,6-7,9,11-13,15,17-19,21,23-25,27,29-31,33,35-36,39,42-44,46,48-67,69,71-74H2,1-5H3,(H-,78,81,82,83)/b10-8-,16-14-,22-20-,28-26-,34-32-,38-37-,41-40-,47-45-,70-68+.